The van der Waals surface area contributed by atoms with Crippen LogP contribution in [0.25, 0.3) is 0 Å². The Bertz CT molecular complexity index is 258. The standard InChI is InChI=1S/C15H28O3/c1-7-14(17-6)15(16)13(5)8-12(4)10-18-9-11(2)3/h7-8,11,13-16H,1,9-10H2,2-6H3. The molecule has 106 valence electrons. The van der Waals surface area contributed by atoms with Crippen LogP contribution in [-0.2, 0) is 9.47 Å². The second-order valence-electron chi connectivity index (χ2n) is 5.21. The second kappa shape index (κ2) is 9.31. The number of aliphatic hydroxyl groups is 1. The van der Waals surface area contributed by atoms with Gasteiger partial charge in [-0.1, -0.05) is 38.5 Å². The minimum Gasteiger partial charge on any atom is -0.389 e. The Hall–Kier alpha value is -0.640. The zero-order valence-corrected chi connectivity index (χ0v) is 12.3. The topological polar surface area (TPSA) is 38.7 Å². The molecule has 0 fully saturated rings. The Labute approximate surface area is 111 Å². The summed E-state index contributed by atoms with van der Waals surface area (Å²) in [6.45, 7) is 13.2. The van der Waals surface area contributed by atoms with Crippen molar-refractivity contribution in [1.82, 2.24) is 0 Å². The van der Waals surface area contributed by atoms with Crippen molar-refractivity contribution in [1.29, 1.82) is 0 Å². The van der Waals surface area contributed by atoms with Crippen LogP contribution in [0.1, 0.15) is 27.7 Å². The van der Waals surface area contributed by atoms with Crippen LogP contribution in [-0.4, -0.2) is 37.6 Å². The lowest BCUT2D eigenvalue weighted by atomic mass is 9.97. The van der Waals surface area contributed by atoms with E-state index >= 15 is 0 Å². The van der Waals surface area contributed by atoms with E-state index in [1.807, 2.05) is 19.9 Å². The van der Waals surface area contributed by atoms with Crippen molar-refractivity contribution in [2.45, 2.75) is 39.9 Å². The molecule has 0 heterocycles. The molecular weight excluding hydrogens is 228 g/mol. The monoisotopic (exact) mass is 256 g/mol. The summed E-state index contributed by atoms with van der Waals surface area (Å²) in [5, 5.41) is 10.1. The van der Waals surface area contributed by atoms with Gasteiger partial charge in [-0.15, -0.1) is 6.58 Å². The number of hydrogen-bond donors (Lipinski definition) is 1. The highest BCUT2D eigenvalue weighted by molar-refractivity contribution is 5.04. The van der Waals surface area contributed by atoms with E-state index < -0.39 is 6.10 Å². The third-order valence-electron chi connectivity index (χ3n) is 2.71. The van der Waals surface area contributed by atoms with Crippen LogP contribution < -0.4 is 0 Å². The maximum absolute atomic E-state index is 10.1. The summed E-state index contributed by atoms with van der Waals surface area (Å²) in [5.74, 6) is 0.551. The molecule has 0 aromatic heterocycles. The lowest BCUT2D eigenvalue weighted by Gasteiger charge is -2.22. The summed E-state index contributed by atoms with van der Waals surface area (Å²) in [6, 6.07) is 0. The predicted molar refractivity (Wildman–Crippen MR) is 75.6 cm³/mol. The maximum atomic E-state index is 10.1. The summed E-state index contributed by atoms with van der Waals surface area (Å²) in [4.78, 5) is 0. The minimum absolute atomic E-state index is 0.00981. The van der Waals surface area contributed by atoms with Gasteiger partial charge in [-0.2, -0.15) is 0 Å². The lowest BCUT2D eigenvalue weighted by Crippen LogP contribution is -2.31. The van der Waals surface area contributed by atoms with Gasteiger partial charge in [0, 0.05) is 19.6 Å². The van der Waals surface area contributed by atoms with Crippen molar-refractivity contribution in [3.8, 4) is 0 Å². The smallest absolute Gasteiger partial charge is 0.101 e. The van der Waals surface area contributed by atoms with Crippen LogP contribution in [0, 0.1) is 11.8 Å². The van der Waals surface area contributed by atoms with Gasteiger partial charge in [0.2, 0.25) is 0 Å². The molecule has 0 aromatic rings. The van der Waals surface area contributed by atoms with Gasteiger partial charge in [-0.3, -0.25) is 0 Å². The number of rotatable bonds is 9. The molecule has 0 bridgehead atoms. The Kier molecular flexibility index (Phi) is 8.98. The largest absolute Gasteiger partial charge is 0.389 e. The average molecular weight is 256 g/mol. The van der Waals surface area contributed by atoms with Crippen LogP contribution in [0.3, 0.4) is 0 Å². The Morgan fingerprint density at radius 3 is 2.39 bits per heavy atom. The fourth-order valence-electron chi connectivity index (χ4n) is 1.73. The molecule has 0 amide bonds. The quantitative estimate of drug-likeness (QED) is 0.645. The molecule has 18 heavy (non-hydrogen) atoms. The van der Waals surface area contributed by atoms with Crippen LogP contribution in [0.2, 0.25) is 0 Å². The normalized spacial score (nSPS) is 17.6. The van der Waals surface area contributed by atoms with E-state index in [0.717, 1.165) is 12.2 Å². The van der Waals surface area contributed by atoms with Crippen molar-refractivity contribution in [3.63, 3.8) is 0 Å². The Balaban J connectivity index is 4.24. The minimum atomic E-state index is -0.576. The molecule has 0 saturated carbocycles. The molecule has 0 aliphatic heterocycles. The zero-order chi connectivity index (χ0) is 14.1. The third kappa shape index (κ3) is 6.94. The Morgan fingerprint density at radius 2 is 1.94 bits per heavy atom. The summed E-state index contributed by atoms with van der Waals surface area (Å²) >= 11 is 0. The summed E-state index contributed by atoms with van der Waals surface area (Å²) in [6.07, 6.45) is 2.74. The van der Waals surface area contributed by atoms with Crippen LogP contribution in [0.5, 0.6) is 0 Å². The third-order valence-corrected chi connectivity index (χ3v) is 2.71. The summed E-state index contributed by atoms with van der Waals surface area (Å²) in [5.41, 5.74) is 1.13. The highest BCUT2D eigenvalue weighted by Crippen LogP contribution is 2.14. The Morgan fingerprint density at radius 1 is 1.33 bits per heavy atom. The van der Waals surface area contributed by atoms with E-state index in [4.69, 9.17) is 9.47 Å². The van der Waals surface area contributed by atoms with Crippen molar-refractivity contribution in [2.75, 3.05) is 20.3 Å². The zero-order valence-electron chi connectivity index (χ0n) is 12.3. The average Bonchev–Trinajstić information content (AvgIpc) is 2.29. The summed E-state index contributed by atoms with van der Waals surface area (Å²) in [7, 11) is 1.57. The molecule has 3 nitrogen and oxygen atoms in total. The molecule has 1 N–H and O–H groups in total. The molecule has 3 heteroatoms. The van der Waals surface area contributed by atoms with Crippen LogP contribution in [0.4, 0.5) is 0 Å². The first-order valence-corrected chi connectivity index (χ1v) is 6.50. The molecule has 0 aliphatic carbocycles. The van der Waals surface area contributed by atoms with Gasteiger partial charge < -0.3 is 14.6 Å². The predicted octanol–water partition coefficient (Wildman–Crippen LogP) is 2.80. The van der Waals surface area contributed by atoms with E-state index in [9.17, 15) is 5.11 Å². The van der Waals surface area contributed by atoms with Crippen molar-refractivity contribution in [3.05, 3.63) is 24.3 Å². The highest BCUT2D eigenvalue weighted by Gasteiger charge is 2.20. The first-order chi connectivity index (χ1) is 8.42. The molecule has 0 aliphatic rings. The van der Waals surface area contributed by atoms with Crippen molar-refractivity contribution >= 4 is 0 Å². The van der Waals surface area contributed by atoms with Gasteiger partial charge in [-0.05, 0) is 12.8 Å². The van der Waals surface area contributed by atoms with E-state index in [1.54, 1.807) is 13.2 Å². The molecule has 0 radical (unpaired) electrons. The number of methoxy groups -OCH3 is 1. The molecular formula is C15H28O3. The number of hydrogen-bond acceptors (Lipinski definition) is 3. The molecule has 3 unspecified atom stereocenters. The van der Waals surface area contributed by atoms with Crippen LogP contribution in [0.15, 0.2) is 24.3 Å². The number of aliphatic hydroxyl groups excluding tert-OH is 1. The van der Waals surface area contributed by atoms with Crippen molar-refractivity contribution in [2.24, 2.45) is 11.8 Å². The van der Waals surface area contributed by atoms with Gasteiger partial charge in [0.05, 0.1) is 12.7 Å². The molecule has 0 spiro atoms. The first kappa shape index (κ1) is 17.4. The number of ether oxygens (including phenoxy) is 2. The molecule has 0 aromatic carbocycles. The molecule has 0 saturated heterocycles. The van der Waals surface area contributed by atoms with Gasteiger partial charge in [0.1, 0.15) is 6.10 Å². The van der Waals surface area contributed by atoms with Gasteiger partial charge >= 0.3 is 0 Å². The van der Waals surface area contributed by atoms with E-state index in [1.165, 1.54) is 0 Å². The van der Waals surface area contributed by atoms with Gasteiger partial charge in [0.25, 0.3) is 0 Å². The van der Waals surface area contributed by atoms with Gasteiger partial charge in [0.15, 0.2) is 0 Å². The fraction of sp³-hybridized carbons (Fsp3) is 0.733. The first-order valence-electron chi connectivity index (χ1n) is 6.50. The van der Waals surface area contributed by atoms with E-state index in [2.05, 4.69) is 20.4 Å². The highest BCUT2D eigenvalue weighted by atomic mass is 16.5. The SMILES string of the molecule is C=CC(OC)C(O)C(C)C=C(C)COCC(C)C. The van der Waals surface area contributed by atoms with Gasteiger partial charge in [-0.25, -0.2) is 0 Å². The molecule has 0 rings (SSSR count). The fourth-order valence-corrected chi connectivity index (χ4v) is 1.73. The molecule has 3 atom stereocenters. The lowest BCUT2D eigenvalue weighted by molar-refractivity contribution is -0.00171. The van der Waals surface area contributed by atoms with Crippen molar-refractivity contribution < 1.29 is 14.6 Å². The second-order valence-corrected chi connectivity index (χ2v) is 5.21. The van der Waals surface area contributed by atoms with Crippen LogP contribution >= 0.6 is 0 Å². The van der Waals surface area contributed by atoms with E-state index in [-0.39, 0.29) is 12.0 Å². The summed E-state index contributed by atoms with van der Waals surface area (Å²) < 4.78 is 10.7. The van der Waals surface area contributed by atoms with E-state index in [0.29, 0.717) is 12.5 Å². The maximum Gasteiger partial charge on any atom is 0.101 e.